The molecule has 1 aromatic rings. The first-order valence-electron chi connectivity index (χ1n) is 18.1. The number of ketones is 1. The van der Waals surface area contributed by atoms with Crippen LogP contribution in [0.1, 0.15) is 74.7 Å². The summed E-state index contributed by atoms with van der Waals surface area (Å²) in [6.07, 6.45) is -2.21. The smallest absolute Gasteiger partial charge is 0.316 e. The lowest BCUT2D eigenvalue weighted by atomic mass is 9.73. The number of cyclic esters (lactones) is 1. The summed E-state index contributed by atoms with van der Waals surface area (Å²) in [6, 6.07) is 5.39. The van der Waals surface area contributed by atoms with Crippen molar-refractivity contribution >= 4 is 28.8 Å². The summed E-state index contributed by atoms with van der Waals surface area (Å²) in [5.41, 5.74) is 0.599. The van der Waals surface area contributed by atoms with Gasteiger partial charge in [0.25, 0.3) is 0 Å². The highest BCUT2D eigenvalue weighted by Crippen LogP contribution is 2.49. The first-order valence-corrected chi connectivity index (χ1v) is 18.1. The molecule has 3 saturated heterocycles. The Morgan fingerprint density at radius 2 is 1.78 bits per heavy atom. The number of aliphatic imine (C=N–C) groups is 1. The van der Waals surface area contributed by atoms with Crippen LogP contribution < -0.4 is 9.64 Å². The fourth-order valence-electron chi connectivity index (χ4n) is 9.00. The van der Waals surface area contributed by atoms with Gasteiger partial charge in [-0.2, -0.15) is 0 Å². The predicted octanol–water partition coefficient (Wildman–Crippen LogP) is 4.76. The Morgan fingerprint density at radius 3 is 2.40 bits per heavy atom. The third-order valence-corrected chi connectivity index (χ3v) is 11.9. The molecule has 0 aliphatic carbocycles. The second kappa shape index (κ2) is 14.8. The average molecular weight is 702 g/mol. The number of hydrogen-bond acceptors (Lipinski definition) is 12. The van der Waals surface area contributed by atoms with Gasteiger partial charge in [0.05, 0.1) is 42.3 Å². The van der Waals surface area contributed by atoms with Crippen molar-refractivity contribution in [2.24, 2.45) is 28.7 Å². The zero-order valence-corrected chi connectivity index (χ0v) is 32.0. The van der Waals surface area contributed by atoms with Crippen molar-refractivity contribution in [3.63, 3.8) is 0 Å². The minimum Gasteiger partial charge on any atom is -0.497 e. The summed E-state index contributed by atoms with van der Waals surface area (Å²) < 4.78 is 37.8. The van der Waals surface area contributed by atoms with Crippen molar-refractivity contribution in [3.05, 3.63) is 18.2 Å². The van der Waals surface area contributed by atoms with Gasteiger partial charge in [0, 0.05) is 36.8 Å². The maximum absolute atomic E-state index is 14.3. The number of fused-ring (bicyclic) bond motifs is 3. The lowest BCUT2D eigenvalue weighted by molar-refractivity contribution is -0.295. The van der Waals surface area contributed by atoms with Gasteiger partial charge in [-0.3, -0.25) is 14.6 Å². The van der Waals surface area contributed by atoms with E-state index >= 15 is 0 Å². The molecule has 0 saturated carbocycles. The Hall–Kier alpha value is -2.61. The second-order valence-electron chi connectivity index (χ2n) is 15.5. The molecule has 4 aliphatic heterocycles. The summed E-state index contributed by atoms with van der Waals surface area (Å²) in [6.45, 7) is 15.8. The number of aliphatic hydroxyl groups excluding tert-OH is 1. The Bertz CT molecular complexity index is 1440. The van der Waals surface area contributed by atoms with Crippen molar-refractivity contribution in [2.45, 2.75) is 129 Å². The van der Waals surface area contributed by atoms with Crippen LogP contribution in [-0.4, -0.2) is 117 Å². The molecule has 280 valence electrons. The number of benzene rings is 1. The number of aliphatic hydroxyl groups is 1. The maximum atomic E-state index is 14.3. The van der Waals surface area contributed by atoms with E-state index in [0.717, 1.165) is 17.1 Å². The van der Waals surface area contributed by atoms with Gasteiger partial charge in [-0.1, -0.05) is 27.7 Å². The Labute approximate surface area is 297 Å². The standard InChI is InChI=1S/C38H59N3O9/c1-13-29-38(8)33-22(4)30(39-26-17-25(45-11)14-15-27(26)41(33)19-47-38)20(2)18-37(7,46-12)34(23(5)31(42)24(6)35(44)49-29)50-36-32(43)28(40(9)10)16-21(3)48-36/h14-15,17,20-24,28-29,32-34,36,43H,13,16,18-19H2,1-12H3/t20-,21-,22-,23+,24-,28+,29-,32-,33-,34-,36+,37+,38-/m1/s1. The Kier molecular flexibility index (Phi) is 11.4. The molecule has 4 heterocycles. The van der Waals surface area contributed by atoms with E-state index in [9.17, 15) is 14.7 Å². The van der Waals surface area contributed by atoms with Crippen LogP contribution >= 0.6 is 0 Å². The van der Waals surface area contributed by atoms with Gasteiger partial charge in [0.1, 0.15) is 36.2 Å². The molecule has 12 nitrogen and oxygen atoms in total. The zero-order valence-electron chi connectivity index (χ0n) is 32.0. The van der Waals surface area contributed by atoms with E-state index in [1.54, 1.807) is 28.1 Å². The number of methoxy groups -OCH3 is 2. The third-order valence-electron chi connectivity index (χ3n) is 11.9. The molecule has 0 radical (unpaired) electrons. The van der Waals surface area contributed by atoms with E-state index in [4.69, 9.17) is 33.4 Å². The molecule has 4 aliphatic rings. The fraction of sp³-hybridized carbons (Fsp3) is 0.763. The Balaban J connectivity index is 1.66. The molecule has 13 atom stereocenters. The molecule has 0 aromatic heterocycles. The third kappa shape index (κ3) is 6.84. The number of likely N-dealkylation sites (N-methyl/N-ethyl adjacent to an activating group) is 1. The number of carbonyl (C=O) groups is 2. The van der Waals surface area contributed by atoms with E-state index in [-0.39, 0.29) is 42.5 Å². The van der Waals surface area contributed by atoms with Gasteiger partial charge >= 0.3 is 5.97 Å². The van der Waals surface area contributed by atoms with E-state index in [2.05, 4.69) is 18.7 Å². The van der Waals surface area contributed by atoms with Crippen LogP contribution in [0, 0.1) is 23.7 Å². The van der Waals surface area contributed by atoms with Crippen LogP contribution in [0.2, 0.25) is 0 Å². The topological polar surface area (TPSA) is 129 Å². The van der Waals surface area contributed by atoms with Crippen molar-refractivity contribution < 1.29 is 43.1 Å². The predicted molar refractivity (Wildman–Crippen MR) is 190 cm³/mol. The monoisotopic (exact) mass is 701 g/mol. The summed E-state index contributed by atoms with van der Waals surface area (Å²) in [7, 11) is 7.08. The molecule has 0 unspecified atom stereocenters. The molecule has 5 rings (SSSR count). The van der Waals surface area contributed by atoms with Crippen molar-refractivity contribution in [1.82, 2.24) is 4.90 Å². The Morgan fingerprint density at radius 1 is 1.08 bits per heavy atom. The number of nitrogens with zero attached hydrogens (tertiary/aromatic N) is 3. The molecule has 2 bridgehead atoms. The number of hydrogen-bond donors (Lipinski definition) is 1. The molecule has 1 N–H and O–H groups in total. The summed E-state index contributed by atoms with van der Waals surface area (Å²) in [4.78, 5) is 37.8. The first-order chi connectivity index (χ1) is 23.5. The lowest BCUT2D eigenvalue weighted by Gasteiger charge is -2.47. The first kappa shape index (κ1) is 38.6. The van der Waals surface area contributed by atoms with Crippen LogP contribution in [0.3, 0.4) is 0 Å². The molecule has 0 spiro atoms. The van der Waals surface area contributed by atoms with Crippen LogP contribution in [-0.2, 0) is 33.3 Å². The van der Waals surface area contributed by atoms with E-state index in [1.807, 2.05) is 64.9 Å². The number of rotatable bonds is 6. The molecule has 12 heteroatoms. The average Bonchev–Trinajstić information content (AvgIpc) is 3.38. The van der Waals surface area contributed by atoms with E-state index in [0.29, 0.717) is 25.0 Å². The highest BCUT2D eigenvalue weighted by Gasteiger charge is 2.57. The van der Waals surface area contributed by atoms with Crippen molar-refractivity contribution in [1.29, 1.82) is 0 Å². The van der Waals surface area contributed by atoms with Crippen LogP contribution in [0.25, 0.3) is 0 Å². The van der Waals surface area contributed by atoms with E-state index in [1.165, 1.54) is 0 Å². The van der Waals surface area contributed by atoms with Crippen LogP contribution in [0.4, 0.5) is 11.4 Å². The van der Waals surface area contributed by atoms with Gasteiger partial charge in [0.15, 0.2) is 12.1 Å². The van der Waals surface area contributed by atoms with Gasteiger partial charge in [-0.15, -0.1) is 0 Å². The number of carbonyl (C=O) groups excluding carboxylic acids is 2. The normalized spacial score (nSPS) is 41.2. The van der Waals surface area contributed by atoms with Crippen LogP contribution in [0.5, 0.6) is 5.75 Å². The summed E-state index contributed by atoms with van der Waals surface area (Å²) >= 11 is 0. The number of ether oxygens (including phenoxy) is 6. The number of esters is 1. The summed E-state index contributed by atoms with van der Waals surface area (Å²) in [5, 5.41) is 11.5. The largest absolute Gasteiger partial charge is 0.497 e. The number of anilines is 1. The molecular formula is C38H59N3O9. The van der Waals surface area contributed by atoms with Crippen molar-refractivity contribution in [2.75, 3.05) is 39.9 Å². The van der Waals surface area contributed by atoms with Crippen molar-refractivity contribution in [3.8, 4) is 5.75 Å². The molecule has 3 fully saturated rings. The quantitative estimate of drug-likeness (QED) is 0.326. The maximum Gasteiger partial charge on any atom is 0.316 e. The van der Waals surface area contributed by atoms with Gasteiger partial charge in [0.2, 0.25) is 0 Å². The van der Waals surface area contributed by atoms with Gasteiger partial charge in [-0.25, -0.2) is 0 Å². The van der Waals surface area contributed by atoms with Crippen LogP contribution in [0.15, 0.2) is 23.2 Å². The molecular weight excluding hydrogens is 642 g/mol. The number of Topliss-reactive ketones (excluding diaryl/α,β-unsaturated/α-hetero) is 1. The molecule has 50 heavy (non-hydrogen) atoms. The van der Waals surface area contributed by atoms with Gasteiger partial charge < -0.3 is 43.3 Å². The molecule has 0 amide bonds. The molecule has 1 aromatic carbocycles. The zero-order chi connectivity index (χ0) is 36.9. The highest BCUT2D eigenvalue weighted by molar-refractivity contribution is 6.00. The minimum absolute atomic E-state index is 0.145. The van der Waals surface area contributed by atoms with Gasteiger partial charge in [-0.05, 0) is 79.1 Å². The minimum atomic E-state index is -1.09. The fourth-order valence-corrected chi connectivity index (χ4v) is 9.00. The summed E-state index contributed by atoms with van der Waals surface area (Å²) in [5.74, 6) is -2.50. The highest BCUT2D eigenvalue weighted by atomic mass is 16.7. The van der Waals surface area contributed by atoms with E-state index < -0.39 is 53.6 Å². The second-order valence-corrected chi connectivity index (χ2v) is 15.5. The SMILES string of the molecule is CC[C@H]1OC(=O)[C@H](C)C(=O)[C@H](C)[C@@H](O[C@@H]2O[C@H](C)C[C@H](N(C)C)[C@H]2O)[C@@](C)(OC)C[C@@H](C)C2=Nc3cc(OC)ccc3N3CO[C@@]1(C)[C@H]3[C@@H]2C. The lowest BCUT2D eigenvalue weighted by Crippen LogP contribution is -2.60.